The third kappa shape index (κ3) is 2.03. The molecule has 0 unspecified atom stereocenters. The molecule has 3 nitrogen and oxygen atoms in total. The molecule has 1 fully saturated rings. The number of carbonyl (C=O) groups is 1. The predicted octanol–water partition coefficient (Wildman–Crippen LogP) is 1.18. The lowest BCUT2D eigenvalue weighted by Gasteiger charge is -2.40. The molecule has 0 bridgehead atoms. The smallest absolute Gasteiger partial charge is 0.321 e. The summed E-state index contributed by atoms with van der Waals surface area (Å²) in [6, 6.07) is 0. The zero-order chi connectivity index (χ0) is 11.0. The first kappa shape index (κ1) is 11.4. The van der Waals surface area contributed by atoms with Crippen molar-refractivity contribution in [2.45, 2.75) is 32.8 Å². The van der Waals surface area contributed by atoms with Gasteiger partial charge < -0.3 is 10.1 Å². The van der Waals surface area contributed by atoms with Crippen molar-refractivity contribution in [1.82, 2.24) is 5.32 Å². The van der Waals surface area contributed by atoms with Gasteiger partial charge in [0.25, 0.3) is 6.43 Å². The molecular weight excluding hydrogens is 192 g/mol. The maximum absolute atomic E-state index is 12.6. The van der Waals surface area contributed by atoms with Gasteiger partial charge in [-0.05, 0) is 20.8 Å². The number of hydrogen-bond acceptors (Lipinski definition) is 3. The standard InChI is InChI=1S/C9H15F2NO2/c1-8(2,3)14-7(13)9(6(10)11)4-12-5-9/h6,12H,4-5H2,1-3H3. The Bertz CT molecular complexity index is 231. The third-order valence-electron chi connectivity index (χ3n) is 2.10. The van der Waals surface area contributed by atoms with Crippen molar-refractivity contribution < 1.29 is 18.3 Å². The number of ether oxygens (including phenoxy) is 1. The number of hydrogen-bond donors (Lipinski definition) is 1. The van der Waals surface area contributed by atoms with E-state index in [4.69, 9.17) is 4.74 Å². The number of carbonyl (C=O) groups excluding carboxylic acids is 1. The largest absolute Gasteiger partial charge is 0.459 e. The van der Waals surface area contributed by atoms with Crippen LogP contribution in [0.2, 0.25) is 0 Å². The van der Waals surface area contributed by atoms with Crippen LogP contribution in [0.25, 0.3) is 0 Å². The quantitative estimate of drug-likeness (QED) is 0.691. The van der Waals surface area contributed by atoms with Crippen molar-refractivity contribution in [3.63, 3.8) is 0 Å². The fourth-order valence-electron chi connectivity index (χ4n) is 1.16. The van der Waals surface area contributed by atoms with Crippen LogP contribution in [-0.2, 0) is 9.53 Å². The van der Waals surface area contributed by atoms with E-state index in [0.29, 0.717) is 0 Å². The number of rotatable bonds is 2. The molecular formula is C9H15F2NO2. The topological polar surface area (TPSA) is 38.3 Å². The van der Waals surface area contributed by atoms with E-state index in [-0.39, 0.29) is 13.1 Å². The van der Waals surface area contributed by atoms with Gasteiger partial charge in [0, 0.05) is 13.1 Å². The molecule has 0 aromatic rings. The second-order valence-electron chi connectivity index (χ2n) is 4.56. The lowest BCUT2D eigenvalue weighted by atomic mass is 9.82. The van der Waals surface area contributed by atoms with Gasteiger partial charge in [0.1, 0.15) is 5.60 Å². The van der Waals surface area contributed by atoms with E-state index in [2.05, 4.69) is 5.32 Å². The van der Waals surface area contributed by atoms with Crippen molar-refractivity contribution >= 4 is 5.97 Å². The molecule has 0 atom stereocenters. The van der Waals surface area contributed by atoms with Gasteiger partial charge in [0.05, 0.1) is 0 Å². The molecule has 1 N–H and O–H groups in total. The molecule has 1 aliphatic heterocycles. The average Bonchev–Trinajstić information content (AvgIpc) is 1.76. The molecule has 0 radical (unpaired) electrons. The maximum atomic E-state index is 12.6. The summed E-state index contributed by atoms with van der Waals surface area (Å²) < 4.78 is 30.2. The summed E-state index contributed by atoms with van der Waals surface area (Å²) in [5.74, 6) is -0.807. The Morgan fingerprint density at radius 1 is 1.43 bits per heavy atom. The molecule has 5 heteroatoms. The second-order valence-corrected chi connectivity index (χ2v) is 4.56. The van der Waals surface area contributed by atoms with Gasteiger partial charge in [-0.15, -0.1) is 0 Å². The lowest BCUT2D eigenvalue weighted by molar-refractivity contribution is -0.183. The Hall–Kier alpha value is -0.710. The summed E-state index contributed by atoms with van der Waals surface area (Å²) in [5, 5.41) is 2.67. The highest BCUT2D eigenvalue weighted by atomic mass is 19.3. The van der Waals surface area contributed by atoms with E-state index in [1.54, 1.807) is 20.8 Å². The molecule has 14 heavy (non-hydrogen) atoms. The highest BCUT2D eigenvalue weighted by Crippen LogP contribution is 2.33. The van der Waals surface area contributed by atoms with Crippen LogP contribution in [0.15, 0.2) is 0 Å². The molecule has 0 saturated carbocycles. The number of nitrogens with one attached hydrogen (secondary N) is 1. The first-order chi connectivity index (χ1) is 6.28. The molecule has 1 heterocycles. The minimum atomic E-state index is -2.67. The second kappa shape index (κ2) is 3.46. The Morgan fingerprint density at radius 2 is 1.93 bits per heavy atom. The minimum Gasteiger partial charge on any atom is -0.459 e. The van der Waals surface area contributed by atoms with Gasteiger partial charge in [0.2, 0.25) is 0 Å². The summed E-state index contributed by atoms with van der Waals surface area (Å²) in [6.45, 7) is 4.99. The summed E-state index contributed by atoms with van der Waals surface area (Å²) >= 11 is 0. The van der Waals surface area contributed by atoms with Crippen LogP contribution in [0.3, 0.4) is 0 Å². The van der Waals surface area contributed by atoms with Gasteiger partial charge in [-0.2, -0.15) is 0 Å². The summed E-state index contributed by atoms with van der Waals surface area (Å²) in [5.41, 5.74) is -2.33. The van der Waals surface area contributed by atoms with Gasteiger partial charge >= 0.3 is 5.97 Å². The van der Waals surface area contributed by atoms with E-state index in [1.807, 2.05) is 0 Å². The normalized spacial score (nSPS) is 20.4. The molecule has 0 aromatic heterocycles. The lowest BCUT2D eigenvalue weighted by Crippen LogP contribution is -2.63. The summed E-state index contributed by atoms with van der Waals surface area (Å²) in [4.78, 5) is 11.5. The van der Waals surface area contributed by atoms with Crippen LogP contribution in [0, 0.1) is 5.41 Å². The van der Waals surface area contributed by atoms with E-state index >= 15 is 0 Å². The van der Waals surface area contributed by atoms with Crippen LogP contribution in [0.5, 0.6) is 0 Å². The van der Waals surface area contributed by atoms with Crippen molar-refractivity contribution in [1.29, 1.82) is 0 Å². The van der Waals surface area contributed by atoms with Gasteiger partial charge in [-0.3, -0.25) is 4.79 Å². The first-order valence-corrected chi connectivity index (χ1v) is 4.50. The van der Waals surface area contributed by atoms with E-state index in [0.717, 1.165) is 0 Å². The van der Waals surface area contributed by atoms with Crippen molar-refractivity contribution in [2.24, 2.45) is 5.41 Å². The van der Waals surface area contributed by atoms with Crippen LogP contribution in [0.4, 0.5) is 8.78 Å². The van der Waals surface area contributed by atoms with Crippen molar-refractivity contribution in [3.8, 4) is 0 Å². The van der Waals surface area contributed by atoms with Crippen LogP contribution in [0.1, 0.15) is 20.8 Å². The maximum Gasteiger partial charge on any atom is 0.321 e. The van der Waals surface area contributed by atoms with E-state index < -0.39 is 23.4 Å². The van der Waals surface area contributed by atoms with Gasteiger partial charge in [-0.25, -0.2) is 8.78 Å². The molecule has 0 aliphatic carbocycles. The predicted molar refractivity (Wildman–Crippen MR) is 47.2 cm³/mol. The summed E-state index contributed by atoms with van der Waals surface area (Å²) in [6.07, 6.45) is -2.67. The molecule has 82 valence electrons. The molecule has 1 saturated heterocycles. The highest BCUT2D eigenvalue weighted by Gasteiger charge is 2.54. The third-order valence-corrected chi connectivity index (χ3v) is 2.10. The fourth-order valence-corrected chi connectivity index (χ4v) is 1.16. The van der Waals surface area contributed by atoms with Crippen LogP contribution < -0.4 is 5.32 Å². The Kier molecular flexibility index (Phi) is 2.81. The zero-order valence-electron chi connectivity index (χ0n) is 8.56. The minimum absolute atomic E-state index is 0.000417. The highest BCUT2D eigenvalue weighted by molar-refractivity contribution is 5.79. The monoisotopic (exact) mass is 207 g/mol. The Morgan fingerprint density at radius 3 is 2.14 bits per heavy atom. The molecule has 1 aliphatic rings. The number of alkyl halides is 2. The molecule has 0 aromatic carbocycles. The van der Waals surface area contributed by atoms with Crippen LogP contribution in [-0.4, -0.2) is 31.1 Å². The van der Waals surface area contributed by atoms with Crippen LogP contribution >= 0.6 is 0 Å². The van der Waals surface area contributed by atoms with Crippen molar-refractivity contribution in [2.75, 3.05) is 13.1 Å². The van der Waals surface area contributed by atoms with Gasteiger partial charge in [-0.1, -0.05) is 0 Å². The number of esters is 1. The Balaban J connectivity index is 2.67. The van der Waals surface area contributed by atoms with Crippen molar-refractivity contribution in [3.05, 3.63) is 0 Å². The van der Waals surface area contributed by atoms with Gasteiger partial charge in [0.15, 0.2) is 5.41 Å². The molecule has 1 rings (SSSR count). The number of halogens is 2. The van der Waals surface area contributed by atoms with E-state index in [9.17, 15) is 13.6 Å². The summed E-state index contributed by atoms with van der Waals surface area (Å²) in [7, 11) is 0. The first-order valence-electron chi connectivity index (χ1n) is 4.50. The zero-order valence-corrected chi connectivity index (χ0v) is 8.56. The average molecular weight is 207 g/mol. The fraction of sp³-hybridized carbons (Fsp3) is 0.889. The SMILES string of the molecule is CC(C)(C)OC(=O)C1(C(F)F)CNC1. The molecule has 0 amide bonds. The molecule has 0 spiro atoms. The Labute approximate surface area is 81.8 Å². The van der Waals surface area contributed by atoms with E-state index in [1.165, 1.54) is 0 Å².